The molecular formula is C14H12ClFN2O2. The van der Waals surface area contributed by atoms with Gasteiger partial charge in [0, 0.05) is 11.1 Å². The van der Waals surface area contributed by atoms with Crippen LogP contribution in [-0.2, 0) is 6.61 Å². The fourth-order valence-electron chi connectivity index (χ4n) is 1.70. The van der Waals surface area contributed by atoms with Gasteiger partial charge in [0.05, 0.1) is 5.02 Å². The minimum atomic E-state index is -0.431. The molecule has 0 fully saturated rings. The second-order valence-corrected chi connectivity index (χ2v) is 4.41. The molecule has 0 aliphatic heterocycles. The zero-order valence-corrected chi connectivity index (χ0v) is 11.1. The quantitative estimate of drug-likeness (QED) is 0.394. The molecule has 2 aromatic carbocycles. The first-order valence-corrected chi connectivity index (χ1v) is 6.13. The van der Waals surface area contributed by atoms with Crippen LogP contribution in [0.2, 0.25) is 5.02 Å². The number of nitrogens with zero attached hydrogens (tertiary/aromatic N) is 1. The third-order valence-electron chi connectivity index (χ3n) is 2.68. The van der Waals surface area contributed by atoms with E-state index in [-0.39, 0.29) is 17.5 Å². The van der Waals surface area contributed by atoms with Gasteiger partial charge in [-0.25, -0.2) is 4.39 Å². The highest BCUT2D eigenvalue weighted by molar-refractivity contribution is 6.32. The summed E-state index contributed by atoms with van der Waals surface area (Å²) in [7, 11) is 0. The zero-order chi connectivity index (χ0) is 14.5. The van der Waals surface area contributed by atoms with Crippen LogP contribution >= 0.6 is 11.6 Å². The van der Waals surface area contributed by atoms with Crippen molar-refractivity contribution in [1.82, 2.24) is 0 Å². The standard InChI is InChI=1S/C14H12ClFN2O2/c15-12-7-10(16)5-6-13(12)20-8-9-3-1-2-4-11(9)14(17)18-19/h1-7,19H,8H2,(H2,17,18). The summed E-state index contributed by atoms with van der Waals surface area (Å²) in [6.45, 7) is 0.164. The van der Waals surface area contributed by atoms with Crippen LogP contribution in [0, 0.1) is 5.82 Å². The van der Waals surface area contributed by atoms with E-state index in [2.05, 4.69) is 5.16 Å². The summed E-state index contributed by atoms with van der Waals surface area (Å²) in [5.41, 5.74) is 6.87. The molecule has 0 unspecified atom stereocenters. The van der Waals surface area contributed by atoms with Gasteiger partial charge in [-0.2, -0.15) is 0 Å². The number of nitrogens with two attached hydrogens (primary N) is 1. The highest BCUT2D eigenvalue weighted by Gasteiger charge is 2.08. The number of halogens is 2. The summed E-state index contributed by atoms with van der Waals surface area (Å²) >= 11 is 5.87. The fraction of sp³-hybridized carbons (Fsp3) is 0.0714. The Morgan fingerprint density at radius 3 is 2.75 bits per heavy atom. The number of benzene rings is 2. The minimum absolute atomic E-state index is 0.00518. The van der Waals surface area contributed by atoms with Crippen LogP contribution in [0.3, 0.4) is 0 Å². The molecule has 0 saturated heterocycles. The van der Waals surface area contributed by atoms with E-state index in [1.807, 2.05) is 0 Å². The Morgan fingerprint density at radius 1 is 1.30 bits per heavy atom. The maximum Gasteiger partial charge on any atom is 0.170 e. The smallest absolute Gasteiger partial charge is 0.170 e. The Kier molecular flexibility index (Phi) is 4.42. The van der Waals surface area contributed by atoms with E-state index in [9.17, 15) is 4.39 Å². The molecule has 0 aliphatic carbocycles. The molecule has 0 aromatic heterocycles. The van der Waals surface area contributed by atoms with Gasteiger partial charge in [-0.3, -0.25) is 0 Å². The average molecular weight is 295 g/mol. The normalized spacial score (nSPS) is 11.4. The molecule has 0 spiro atoms. The van der Waals surface area contributed by atoms with Crippen molar-refractivity contribution in [3.05, 3.63) is 64.4 Å². The lowest BCUT2D eigenvalue weighted by Crippen LogP contribution is -2.16. The Labute approximate surface area is 120 Å². The molecule has 0 heterocycles. The van der Waals surface area contributed by atoms with E-state index in [4.69, 9.17) is 27.3 Å². The van der Waals surface area contributed by atoms with Gasteiger partial charge in [0.25, 0.3) is 0 Å². The molecule has 0 amide bonds. The van der Waals surface area contributed by atoms with Crippen molar-refractivity contribution in [3.8, 4) is 5.75 Å². The van der Waals surface area contributed by atoms with Gasteiger partial charge in [0.1, 0.15) is 18.2 Å². The van der Waals surface area contributed by atoms with Crippen molar-refractivity contribution in [3.63, 3.8) is 0 Å². The molecular weight excluding hydrogens is 283 g/mol. The van der Waals surface area contributed by atoms with Crippen molar-refractivity contribution in [2.45, 2.75) is 6.61 Å². The molecule has 20 heavy (non-hydrogen) atoms. The van der Waals surface area contributed by atoms with Crippen LogP contribution in [0.1, 0.15) is 11.1 Å². The van der Waals surface area contributed by atoms with Crippen molar-refractivity contribution < 1.29 is 14.3 Å². The van der Waals surface area contributed by atoms with Crippen molar-refractivity contribution in [2.24, 2.45) is 10.9 Å². The maximum absolute atomic E-state index is 12.9. The third-order valence-corrected chi connectivity index (χ3v) is 2.97. The van der Waals surface area contributed by atoms with Gasteiger partial charge in [-0.1, -0.05) is 41.0 Å². The molecule has 6 heteroatoms. The van der Waals surface area contributed by atoms with Gasteiger partial charge in [-0.05, 0) is 18.2 Å². The summed E-state index contributed by atoms with van der Waals surface area (Å²) in [5, 5.41) is 11.9. The Bertz CT molecular complexity index is 647. The van der Waals surface area contributed by atoms with E-state index in [0.29, 0.717) is 11.3 Å². The first-order valence-electron chi connectivity index (χ1n) is 5.75. The first-order chi connectivity index (χ1) is 9.61. The summed E-state index contributed by atoms with van der Waals surface area (Å²) in [4.78, 5) is 0. The highest BCUT2D eigenvalue weighted by Crippen LogP contribution is 2.26. The first kappa shape index (κ1) is 14.1. The van der Waals surface area contributed by atoms with E-state index in [0.717, 1.165) is 5.56 Å². The van der Waals surface area contributed by atoms with Gasteiger partial charge in [0.2, 0.25) is 0 Å². The monoisotopic (exact) mass is 294 g/mol. The molecule has 2 rings (SSSR count). The van der Waals surface area contributed by atoms with E-state index in [1.54, 1.807) is 24.3 Å². The van der Waals surface area contributed by atoms with Gasteiger partial charge < -0.3 is 15.7 Å². The second-order valence-electron chi connectivity index (χ2n) is 4.01. The van der Waals surface area contributed by atoms with Crippen molar-refractivity contribution >= 4 is 17.4 Å². The SMILES string of the molecule is N/C(=N\O)c1ccccc1COc1ccc(F)cc1Cl. The van der Waals surface area contributed by atoms with E-state index < -0.39 is 5.82 Å². The Balaban J connectivity index is 2.19. The number of oxime groups is 1. The molecule has 2 aromatic rings. The fourth-order valence-corrected chi connectivity index (χ4v) is 1.92. The summed E-state index contributed by atoms with van der Waals surface area (Å²) in [5.74, 6) is -0.0730. The maximum atomic E-state index is 12.9. The van der Waals surface area contributed by atoms with Crippen molar-refractivity contribution in [2.75, 3.05) is 0 Å². The lowest BCUT2D eigenvalue weighted by Gasteiger charge is -2.11. The number of rotatable bonds is 4. The largest absolute Gasteiger partial charge is 0.487 e. The minimum Gasteiger partial charge on any atom is -0.487 e. The van der Waals surface area contributed by atoms with Gasteiger partial charge in [0.15, 0.2) is 5.84 Å². The van der Waals surface area contributed by atoms with Crippen molar-refractivity contribution in [1.29, 1.82) is 0 Å². The van der Waals surface area contributed by atoms with Crippen LogP contribution < -0.4 is 10.5 Å². The van der Waals surface area contributed by atoms with Crippen LogP contribution in [0.5, 0.6) is 5.75 Å². The van der Waals surface area contributed by atoms with Gasteiger partial charge in [-0.15, -0.1) is 0 Å². The molecule has 104 valence electrons. The van der Waals surface area contributed by atoms with Crippen LogP contribution in [-0.4, -0.2) is 11.0 Å². The van der Waals surface area contributed by atoms with Gasteiger partial charge >= 0.3 is 0 Å². The van der Waals surface area contributed by atoms with Crippen LogP contribution in [0.4, 0.5) is 4.39 Å². The number of amidine groups is 1. The lowest BCUT2D eigenvalue weighted by molar-refractivity contribution is 0.305. The molecule has 0 aliphatic rings. The second kappa shape index (κ2) is 6.25. The molecule has 0 saturated carbocycles. The third kappa shape index (κ3) is 3.19. The Morgan fingerprint density at radius 2 is 2.05 bits per heavy atom. The molecule has 0 bridgehead atoms. The summed E-state index contributed by atoms with van der Waals surface area (Å²) < 4.78 is 18.4. The predicted octanol–water partition coefficient (Wildman–Crippen LogP) is 3.15. The lowest BCUT2D eigenvalue weighted by atomic mass is 10.1. The van der Waals surface area contributed by atoms with Crippen LogP contribution in [0.25, 0.3) is 0 Å². The zero-order valence-electron chi connectivity index (χ0n) is 10.4. The molecule has 3 N–H and O–H groups in total. The van der Waals surface area contributed by atoms with Crippen LogP contribution in [0.15, 0.2) is 47.6 Å². The van der Waals surface area contributed by atoms with E-state index in [1.165, 1.54) is 18.2 Å². The Hall–Kier alpha value is -2.27. The molecule has 4 nitrogen and oxygen atoms in total. The average Bonchev–Trinajstić information content (AvgIpc) is 2.46. The number of ether oxygens (including phenoxy) is 1. The topological polar surface area (TPSA) is 67.8 Å². The van der Waals surface area contributed by atoms with E-state index >= 15 is 0 Å². The molecule has 0 atom stereocenters. The number of hydrogen-bond donors (Lipinski definition) is 2. The number of hydrogen-bond acceptors (Lipinski definition) is 3. The summed E-state index contributed by atoms with van der Waals surface area (Å²) in [6.07, 6.45) is 0. The highest BCUT2D eigenvalue weighted by atomic mass is 35.5. The predicted molar refractivity (Wildman–Crippen MR) is 74.7 cm³/mol. The summed E-state index contributed by atoms with van der Waals surface area (Å²) in [6, 6.07) is 10.9. The molecule has 0 radical (unpaired) electrons.